The molecule has 0 aliphatic carbocycles. The van der Waals surface area contributed by atoms with Gasteiger partial charge < -0.3 is 8.83 Å². The monoisotopic (exact) mass is 760 g/mol. The Morgan fingerprint density at radius 2 is 0.700 bits per heavy atom. The van der Waals surface area contributed by atoms with Gasteiger partial charge in [-0.1, -0.05) is 146 Å². The highest BCUT2D eigenvalue weighted by Crippen LogP contribution is 2.47. The van der Waals surface area contributed by atoms with Crippen LogP contribution in [0.4, 0.5) is 0 Å². The van der Waals surface area contributed by atoms with Gasteiger partial charge in [0.1, 0.15) is 22.3 Å². The Balaban J connectivity index is 1.00. The maximum Gasteiger partial charge on any atom is 0.136 e. The molecule has 14 rings (SSSR count). The molecule has 0 aliphatic rings. The third kappa shape index (κ3) is 4.37. The Morgan fingerprint density at radius 3 is 1.42 bits per heavy atom. The lowest BCUT2D eigenvalue weighted by atomic mass is 9.85. The fraction of sp³-hybridized carbons (Fsp3) is 0. The van der Waals surface area contributed by atoms with Crippen molar-refractivity contribution in [1.29, 1.82) is 0 Å². The van der Waals surface area contributed by atoms with E-state index < -0.39 is 0 Å². The van der Waals surface area contributed by atoms with Crippen LogP contribution in [0.25, 0.3) is 142 Å². The Labute approximate surface area is 343 Å². The van der Waals surface area contributed by atoms with Gasteiger partial charge in [0.05, 0.1) is 0 Å². The van der Waals surface area contributed by atoms with Crippen molar-refractivity contribution in [3.8, 4) is 22.3 Å². The highest BCUT2D eigenvalue weighted by atomic mass is 16.3. The number of furan rings is 2. The molecule has 12 aromatic carbocycles. The Bertz CT molecular complexity index is 4120. The molecule has 2 heterocycles. The lowest BCUT2D eigenvalue weighted by Crippen LogP contribution is -1.90. The van der Waals surface area contributed by atoms with E-state index in [0.29, 0.717) is 0 Å². The van der Waals surface area contributed by atoms with Crippen LogP contribution in [0.5, 0.6) is 0 Å². The molecule has 0 saturated carbocycles. The summed E-state index contributed by atoms with van der Waals surface area (Å²) in [4.78, 5) is 0. The largest absolute Gasteiger partial charge is 0.456 e. The molecule has 0 N–H and O–H groups in total. The van der Waals surface area contributed by atoms with Crippen LogP contribution < -0.4 is 0 Å². The zero-order valence-electron chi connectivity index (χ0n) is 32.3. The summed E-state index contributed by atoms with van der Waals surface area (Å²) in [6, 6.07) is 70.9. The summed E-state index contributed by atoms with van der Waals surface area (Å²) in [5.41, 5.74) is 8.34. The van der Waals surface area contributed by atoms with Crippen molar-refractivity contribution in [3.63, 3.8) is 0 Å². The van der Waals surface area contributed by atoms with Crippen LogP contribution in [0.3, 0.4) is 0 Å². The molecule has 60 heavy (non-hydrogen) atoms. The van der Waals surface area contributed by atoms with E-state index in [2.05, 4.69) is 194 Å². The van der Waals surface area contributed by atoms with Gasteiger partial charge in [0, 0.05) is 21.5 Å². The van der Waals surface area contributed by atoms with Crippen LogP contribution in [0.15, 0.2) is 203 Å². The second-order valence-electron chi connectivity index (χ2n) is 16.3. The van der Waals surface area contributed by atoms with Crippen molar-refractivity contribution in [2.24, 2.45) is 0 Å². The number of benzene rings is 12. The standard InChI is InChI=1S/C58H32O2/c1-2-13-35-29-54-49(27-34(35)12-1)48-28-36(23-26-52(48)59-54)56-42-17-7-9-19-44(42)57(45-20-10-8-18-43(45)56)37-22-24-41-50-31-51-47(32-55(50)60-53(41)30-37)40-16-6-5-15-39(40)46-25-21-33-11-3-4-14-38(33)58(46)51/h1-32H. The first-order valence-electron chi connectivity index (χ1n) is 20.6. The summed E-state index contributed by atoms with van der Waals surface area (Å²) in [6.45, 7) is 0. The zero-order chi connectivity index (χ0) is 39.1. The summed E-state index contributed by atoms with van der Waals surface area (Å²) < 4.78 is 13.3. The Hall–Kier alpha value is -7.94. The van der Waals surface area contributed by atoms with Crippen LogP contribution in [0.2, 0.25) is 0 Å². The predicted molar refractivity (Wildman–Crippen MR) is 254 cm³/mol. The van der Waals surface area contributed by atoms with E-state index in [-0.39, 0.29) is 0 Å². The normalized spacial score (nSPS) is 12.3. The average Bonchev–Trinajstić information content (AvgIpc) is 3.85. The SMILES string of the molecule is c1ccc2cc3c(cc2c1)oc1ccc(-c2c4ccccc4c(-c4ccc5c(c4)oc4cc6c7ccccc7c7ccc8ccccc8c7c6cc45)c4ccccc24)cc13. The van der Waals surface area contributed by atoms with Crippen LogP contribution >= 0.6 is 0 Å². The summed E-state index contributed by atoms with van der Waals surface area (Å²) in [6.07, 6.45) is 0. The van der Waals surface area contributed by atoms with Crippen molar-refractivity contribution in [1.82, 2.24) is 0 Å². The van der Waals surface area contributed by atoms with Crippen LogP contribution in [0.1, 0.15) is 0 Å². The van der Waals surface area contributed by atoms with Crippen molar-refractivity contribution in [3.05, 3.63) is 194 Å². The maximum atomic E-state index is 6.87. The molecule has 0 bridgehead atoms. The van der Waals surface area contributed by atoms with Gasteiger partial charge in [-0.2, -0.15) is 0 Å². The summed E-state index contributed by atoms with van der Waals surface area (Å²) >= 11 is 0. The van der Waals surface area contributed by atoms with Crippen LogP contribution in [0, 0.1) is 0 Å². The molecule has 0 spiro atoms. The molecular weight excluding hydrogens is 729 g/mol. The minimum Gasteiger partial charge on any atom is -0.456 e. The van der Waals surface area contributed by atoms with Gasteiger partial charge >= 0.3 is 0 Å². The molecule has 0 atom stereocenters. The lowest BCUT2D eigenvalue weighted by molar-refractivity contribution is 0.669. The fourth-order valence-corrected chi connectivity index (χ4v) is 10.5. The third-order valence-corrected chi connectivity index (χ3v) is 13.2. The Morgan fingerprint density at radius 1 is 0.217 bits per heavy atom. The number of fused-ring (bicyclic) bond motifs is 17. The summed E-state index contributed by atoms with van der Waals surface area (Å²) in [5, 5.41) is 21.8. The first kappa shape index (κ1) is 32.1. The van der Waals surface area contributed by atoms with Crippen LogP contribution in [-0.4, -0.2) is 0 Å². The number of hydrogen-bond acceptors (Lipinski definition) is 2. The minimum absolute atomic E-state index is 0.887. The molecule has 0 unspecified atom stereocenters. The maximum absolute atomic E-state index is 6.87. The van der Waals surface area contributed by atoms with Crippen LogP contribution in [-0.2, 0) is 0 Å². The molecule has 14 aromatic rings. The smallest absolute Gasteiger partial charge is 0.136 e. The first-order valence-corrected chi connectivity index (χ1v) is 20.6. The van der Waals surface area contributed by atoms with Crippen molar-refractivity contribution in [2.75, 3.05) is 0 Å². The van der Waals surface area contributed by atoms with E-state index in [4.69, 9.17) is 8.83 Å². The quantitative estimate of drug-likeness (QED) is 0.130. The molecule has 2 heteroatoms. The summed E-state index contributed by atoms with van der Waals surface area (Å²) in [5.74, 6) is 0. The zero-order valence-corrected chi connectivity index (χ0v) is 32.3. The van der Waals surface area contributed by atoms with Gasteiger partial charge in [0.2, 0.25) is 0 Å². The van der Waals surface area contributed by atoms with E-state index in [1.807, 2.05) is 0 Å². The fourth-order valence-electron chi connectivity index (χ4n) is 10.5. The molecule has 0 radical (unpaired) electrons. The second kappa shape index (κ2) is 11.8. The average molecular weight is 761 g/mol. The molecule has 0 saturated heterocycles. The van der Waals surface area contributed by atoms with Crippen molar-refractivity contribution < 1.29 is 8.83 Å². The first-order chi connectivity index (χ1) is 29.7. The highest BCUT2D eigenvalue weighted by molar-refractivity contribution is 6.33. The molecule has 2 nitrogen and oxygen atoms in total. The lowest BCUT2D eigenvalue weighted by Gasteiger charge is -2.17. The van der Waals surface area contributed by atoms with Crippen molar-refractivity contribution in [2.45, 2.75) is 0 Å². The van der Waals surface area contributed by atoms with Gasteiger partial charge in [0.15, 0.2) is 0 Å². The molecule has 0 amide bonds. The predicted octanol–water partition coefficient (Wildman–Crippen LogP) is 16.9. The van der Waals surface area contributed by atoms with Gasteiger partial charge in [-0.15, -0.1) is 0 Å². The van der Waals surface area contributed by atoms with Gasteiger partial charge in [0.25, 0.3) is 0 Å². The highest BCUT2D eigenvalue weighted by Gasteiger charge is 2.20. The van der Waals surface area contributed by atoms with E-state index in [0.717, 1.165) is 49.4 Å². The topological polar surface area (TPSA) is 26.3 Å². The van der Waals surface area contributed by atoms with Gasteiger partial charge in [-0.25, -0.2) is 0 Å². The molecule has 0 fully saturated rings. The minimum atomic E-state index is 0.887. The van der Waals surface area contributed by atoms with E-state index >= 15 is 0 Å². The van der Waals surface area contributed by atoms with E-state index in [9.17, 15) is 0 Å². The van der Waals surface area contributed by atoms with Gasteiger partial charge in [-0.3, -0.25) is 0 Å². The molecule has 2 aromatic heterocycles. The number of rotatable bonds is 2. The van der Waals surface area contributed by atoms with E-state index in [1.54, 1.807) is 0 Å². The Kier molecular flexibility index (Phi) is 6.32. The third-order valence-electron chi connectivity index (χ3n) is 13.2. The molecule has 276 valence electrons. The molecule has 0 aliphatic heterocycles. The van der Waals surface area contributed by atoms with Crippen molar-refractivity contribution >= 4 is 119 Å². The van der Waals surface area contributed by atoms with E-state index in [1.165, 1.54) is 92.1 Å². The second-order valence-corrected chi connectivity index (χ2v) is 16.3. The molecular formula is C58H32O2. The number of hydrogen-bond donors (Lipinski definition) is 0. The summed E-state index contributed by atoms with van der Waals surface area (Å²) in [7, 11) is 0. The van der Waals surface area contributed by atoms with Gasteiger partial charge in [-0.05, 0) is 146 Å².